The van der Waals surface area contributed by atoms with Gasteiger partial charge in [0.2, 0.25) is 0 Å². The predicted octanol–water partition coefficient (Wildman–Crippen LogP) is 4.10. The number of rotatable bonds is 3. The van der Waals surface area contributed by atoms with E-state index in [4.69, 9.17) is 0 Å². The summed E-state index contributed by atoms with van der Waals surface area (Å²) in [6, 6.07) is 10.3. The van der Waals surface area contributed by atoms with Crippen LogP contribution in [0, 0.1) is 0 Å². The lowest BCUT2D eigenvalue weighted by Gasteiger charge is -2.13. The number of aliphatic imine (C=N–C) groups is 1. The Morgan fingerprint density at radius 1 is 1.20 bits per heavy atom. The van der Waals surface area contributed by atoms with Crippen molar-refractivity contribution in [2.24, 2.45) is 4.99 Å². The highest BCUT2D eigenvalue weighted by Crippen LogP contribution is 2.39. The Bertz CT molecular complexity index is 367. The van der Waals surface area contributed by atoms with Crippen LogP contribution in [0.4, 0.5) is 5.69 Å². The van der Waals surface area contributed by atoms with Gasteiger partial charge in [0.25, 0.3) is 0 Å². The van der Waals surface area contributed by atoms with Crippen molar-refractivity contribution in [2.75, 3.05) is 0 Å². The van der Waals surface area contributed by atoms with Gasteiger partial charge in [-0.1, -0.05) is 37.8 Å². The first-order valence-electron chi connectivity index (χ1n) is 5.35. The Balaban J connectivity index is 1.97. The molecule has 0 bridgehead atoms. The molecule has 1 nitrogen and oxygen atoms in total. The molecule has 0 spiro atoms. The predicted molar refractivity (Wildman–Crippen MR) is 72.9 cm³/mol. The van der Waals surface area contributed by atoms with Crippen LogP contribution >= 0.6 is 11.2 Å². The van der Waals surface area contributed by atoms with E-state index >= 15 is 0 Å². The van der Waals surface area contributed by atoms with Crippen LogP contribution < -0.4 is 0 Å². The molecular weight excluding hydrogens is 218 g/mol. The molecule has 0 saturated heterocycles. The van der Waals surface area contributed by atoms with Crippen molar-refractivity contribution in [3.8, 4) is 0 Å². The van der Waals surface area contributed by atoms with Gasteiger partial charge in [0.05, 0.1) is 5.69 Å². The van der Waals surface area contributed by atoms with E-state index in [1.165, 1.54) is 12.1 Å². The van der Waals surface area contributed by atoms with Crippen LogP contribution in [0.15, 0.2) is 35.3 Å². The Morgan fingerprint density at radius 3 is 2.47 bits per heavy atom. The molecule has 1 saturated carbocycles. The number of hydrogen-bond acceptors (Lipinski definition) is 2. The number of nitrogens with zero attached hydrogens (tertiary/aromatic N) is 1. The molecule has 1 aromatic carbocycles. The number of hydrogen-bond donors (Lipinski definition) is 0. The number of para-hydroxylation sites is 1. The summed E-state index contributed by atoms with van der Waals surface area (Å²) in [6.45, 7) is 7.20. The average Bonchev–Trinajstić information content (AvgIpc) is 2.82. The van der Waals surface area contributed by atoms with Crippen molar-refractivity contribution in [3.63, 3.8) is 0 Å². The third kappa shape index (κ3) is 3.50. The second kappa shape index (κ2) is 4.14. The minimum Gasteiger partial charge on any atom is -0.257 e. The first-order valence-corrected chi connectivity index (χ1v) is 10.5. The summed E-state index contributed by atoms with van der Waals surface area (Å²) in [7, 11) is -0.981. The molecule has 0 aliphatic heterocycles. The Labute approximate surface area is 96.7 Å². The smallest absolute Gasteiger partial charge is 0.109 e. The summed E-state index contributed by atoms with van der Waals surface area (Å²) in [5.74, 6) is 0. The van der Waals surface area contributed by atoms with Crippen molar-refractivity contribution >= 4 is 29.8 Å². The van der Waals surface area contributed by atoms with E-state index < -0.39 is 7.22 Å². The van der Waals surface area contributed by atoms with Crippen LogP contribution in [-0.2, 0) is 0 Å². The normalized spacial score (nSPS) is 23.1. The highest BCUT2D eigenvalue weighted by Gasteiger charge is 2.36. The Hall–Kier alpha value is -0.543. The first-order chi connectivity index (χ1) is 7.04. The van der Waals surface area contributed by atoms with Gasteiger partial charge in [0.1, 0.15) is 7.22 Å². The highest BCUT2D eigenvalue weighted by atomic mass is 32.4. The zero-order valence-electron chi connectivity index (χ0n) is 9.53. The van der Waals surface area contributed by atoms with Crippen LogP contribution in [0.3, 0.4) is 0 Å². The largest absolute Gasteiger partial charge is 0.257 e. The molecule has 1 aromatic rings. The zero-order chi connectivity index (χ0) is 10.9. The van der Waals surface area contributed by atoms with Gasteiger partial charge in [0.15, 0.2) is 0 Å². The monoisotopic (exact) mass is 235 g/mol. The maximum Gasteiger partial charge on any atom is 0.109 e. The maximum absolute atomic E-state index is 4.65. The maximum atomic E-state index is 4.65. The minimum absolute atomic E-state index is 0.719. The van der Waals surface area contributed by atoms with Gasteiger partial charge < -0.3 is 0 Å². The molecule has 0 N–H and O–H groups in total. The summed E-state index contributed by atoms with van der Waals surface area (Å²) >= 11 is 2.16. The van der Waals surface area contributed by atoms with Gasteiger partial charge in [0, 0.05) is 17.4 Å². The fourth-order valence-electron chi connectivity index (χ4n) is 1.45. The minimum atomic E-state index is -0.981. The van der Waals surface area contributed by atoms with Gasteiger partial charge in [-0.3, -0.25) is 4.99 Å². The Kier molecular flexibility index (Phi) is 3.02. The van der Waals surface area contributed by atoms with Crippen LogP contribution in [0.2, 0.25) is 19.6 Å². The third-order valence-corrected chi connectivity index (χ3v) is 6.54. The molecular formula is C12H17NSSi. The molecule has 0 heterocycles. The fraction of sp³-hybridized carbons (Fsp3) is 0.417. The van der Waals surface area contributed by atoms with E-state index in [1.807, 2.05) is 18.2 Å². The van der Waals surface area contributed by atoms with Crippen molar-refractivity contribution < 1.29 is 0 Å². The molecule has 0 aromatic heterocycles. The van der Waals surface area contributed by atoms with Crippen LogP contribution in [0.5, 0.6) is 0 Å². The SMILES string of the molecule is C[Si](C)(C)SC1CC1=Nc1ccccc1. The van der Waals surface area contributed by atoms with Crippen LogP contribution in [-0.4, -0.2) is 18.2 Å². The first kappa shape index (κ1) is 11.0. The molecule has 15 heavy (non-hydrogen) atoms. The molecule has 80 valence electrons. The topological polar surface area (TPSA) is 12.4 Å². The summed E-state index contributed by atoms with van der Waals surface area (Å²) < 4.78 is 0. The van der Waals surface area contributed by atoms with Gasteiger partial charge in [-0.15, -0.1) is 0 Å². The molecule has 2 rings (SSSR count). The van der Waals surface area contributed by atoms with Crippen molar-refractivity contribution in [1.29, 1.82) is 0 Å². The summed E-state index contributed by atoms with van der Waals surface area (Å²) in [6.07, 6.45) is 1.20. The van der Waals surface area contributed by atoms with Crippen molar-refractivity contribution in [3.05, 3.63) is 30.3 Å². The quantitative estimate of drug-likeness (QED) is 0.719. The molecule has 1 aliphatic rings. The van der Waals surface area contributed by atoms with Crippen LogP contribution in [0.1, 0.15) is 6.42 Å². The Morgan fingerprint density at radius 2 is 1.87 bits per heavy atom. The molecule has 1 aliphatic carbocycles. The molecule has 0 radical (unpaired) electrons. The molecule has 3 heteroatoms. The van der Waals surface area contributed by atoms with Crippen molar-refractivity contribution in [1.82, 2.24) is 0 Å². The van der Waals surface area contributed by atoms with E-state index in [9.17, 15) is 0 Å². The van der Waals surface area contributed by atoms with Gasteiger partial charge in [-0.25, -0.2) is 0 Å². The van der Waals surface area contributed by atoms with Gasteiger partial charge >= 0.3 is 0 Å². The summed E-state index contributed by atoms with van der Waals surface area (Å²) in [5, 5.41) is 0.719. The van der Waals surface area contributed by atoms with Crippen molar-refractivity contribution in [2.45, 2.75) is 31.3 Å². The third-order valence-electron chi connectivity index (χ3n) is 2.13. The van der Waals surface area contributed by atoms with Gasteiger partial charge in [-0.05, 0) is 12.1 Å². The van der Waals surface area contributed by atoms with Gasteiger partial charge in [-0.2, -0.15) is 11.2 Å². The lowest BCUT2D eigenvalue weighted by Crippen LogP contribution is -2.15. The van der Waals surface area contributed by atoms with E-state index in [1.54, 1.807) is 0 Å². The van der Waals surface area contributed by atoms with Crippen LogP contribution in [0.25, 0.3) is 0 Å². The highest BCUT2D eigenvalue weighted by molar-refractivity contribution is 8.29. The molecule has 1 fully saturated rings. The van der Waals surface area contributed by atoms with E-state index in [0.717, 1.165) is 10.9 Å². The average molecular weight is 235 g/mol. The molecule has 1 unspecified atom stereocenters. The molecule has 1 atom stereocenters. The standard InChI is InChI=1S/C12H17NSSi/c1-15(2,3)14-12-9-11(12)13-10-7-5-4-6-8-10/h4-8,12H,9H2,1-3H3. The zero-order valence-corrected chi connectivity index (χ0v) is 11.3. The number of benzene rings is 1. The fourth-order valence-corrected chi connectivity index (χ4v) is 5.97. The molecule has 0 amide bonds. The summed E-state index contributed by atoms with van der Waals surface area (Å²) in [5.41, 5.74) is 2.49. The second-order valence-electron chi connectivity index (χ2n) is 4.86. The van der Waals surface area contributed by atoms with E-state index in [-0.39, 0.29) is 0 Å². The summed E-state index contributed by atoms with van der Waals surface area (Å²) in [4.78, 5) is 4.65. The van der Waals surface area contributed by atoms with E-state index in [0.29, 0.717) is 0 Å². The second-order valence-corrected chi connectivity index (χ2v) is 14.3. The lowest BCUT2D eigenvalue weighted by atomic mass is 10.3. The van der Waals surface area contributed by atoms with E-state index in [2.05, 4.69) is 48.0 Å². The lowest BCUT2D eigenvalue weighted by molar-refractivity contribution is 1.52.